The molecule has 0 bridgehead atoms. The van der Waals surface area contributed by atoms with Crippen LogP contribution in [0.15, 0.2) is 0 Å². The van der Waals surface area contributed by atoms with Crippen LogP contribution in [-0.2, 0) is 9.53 Å². The molecule has 2 atom stereocenters. The van der Waals surface area contributed by atoms with E-state index in [1.165, 1.54) is 20.3 Å². The molecule has 0 aromatic carbocycles. The molecule has 0 radical (unpaired) electrons. The summed E-state index contributed by atoms with van der Waals surface area (Å²) < 4.78 is 5.14. The van der Waals surface area contributed by atoms with Crippen LogP contribution in [0.25, 0.3) is 0 Å². The van der Waals surface area contributed by atoms with E-state index in [0.717, 1.165) is 12.8 Å². The van der Waals surface area contributed by atoms with Gasteiger partial charge < -0.3 is 20.1 Å². The molecule has 16 heavy (non-hydrogen) atoms. The first-order chi connectivity index (χ1) is 7.18. The normalized spacial score (nSPS) is 24.8. The number of hydrogen-bond acceptors (Lipinski definition) is 4. The average molecular weight is 234 g/mol. The van der Waals surface area contributed by atoms with Gasteiger partial charge in [-0.3, -0.25) is 0 Å². The monoisotopic (exact) mass is 234 g/mol. The Kier molecular flexibility index (Phi) is 6.55. The molecule has 1 rings (SSSR count). The molecule has 3 N–H and O–H groups in total. The van der Waals surface area contributed by atoms with E-state index in [-0.39, 0.29) is 12.7 Å². The van der Waals surface area contributed by atoms with E-state index < -0.39 is 11.8 Å². The standard InChI is InChI=1S/C8H14O3.C3H8O2/c1-6-2-3-7(4-6)11-5-8(9)10;1-3(2,4)5/h6-7H,2-5H2,1H3,(H,9,10);4-5H,1-2H3. The van der Waals surface area contributed by atoms with Crippen LogP contribution in [-0.4, -0.2) is 39.8 Å². The molecule has 0 heterocycles. The Hall–Kier alpha value is -0.650. The highest BCUT2D eigenvalue weighted by Crippen LogP contribution is 2.26. The first-order valence-corrected chi connectivity index (χ1v) is 5.46. The Morgan fingerprint density at radius 2 is 1.88 bits per heavy atom. The molecule has 0 aromatic heterocycles. The van der Waals surface area contributed by atoms with E-state index in [1.807, 2.05) is 0 Å². The molecule has 5 heteroatoms. The van der Waals surface area contributed by atoms with Crippen LogP contribution in [0.5, 0.6) is 0 Å². The van der Waals surface area contributed by atoms with Crippen molar-refractivity contribution < 1.29 is 24.9 Å². The molecule has 5 nitrogen and oxygen atoms in total. The van der Waals surface area contributed by atoms with Crippen LogP contribution in [0.2, 0.25) is 0 Å². The Morgan fingerprint density at radius 1 is 1.38 bits per heavy atom. The lowest BCUT2D eigenvalue weighted by Crippen LogP contribution is -2.15. The summed E-state index contributed by atoms with van der Waals surface area (Å²) in [5.41, 5.74) is 0. The van der Waals surface area contributed by atoms with Crippen LogP contribution in [0, 0.1) is 5.92 Å². The average Bonchev–Trinajstić information content (AvgIpc) is 2.44. The van der Waals surface area contributed by atoms with Crippen LogP contribution in [0.3, 0.4) is 0 Å². The zero-order valence-electron chi connectivity index (χ0n) is 10.1. The van der Waals surface area contributed by atoms with Crippen molar-refractivity contribution in [1.82, 2.24) is 0 Å². The van der Waals surface area contributed by atoms with Crippen molar-refractivity contribution >= 4 is 5.97 Å². The van der Waals surface area contributed by atoms with Gasteiger partial charge in [0.15, 0.2) is 5.79 Å². The van der Waals surface area contributed by atoms with E-state index in [4.69, 9.17) is 20.1 Å². The summed E-state index contributed by atoms with van der Waals surface area (Å²) in [5.74, 6) is -1.67. The molecular weight excluding hydrogens is 212 g/mol. The van der Waals surface area contributed by atoms with Crippen molar-refractivity contribution in [3.63, 3.8) is 0 Å². The van der Waals surface area contributed by atoms with Gasteiger partial charge in [0.1, 0.15) is 6.61 Å². The Labute approximate surface area is 96.0 Å². The summed E-state index contributed by atoms with van der Waals surface area (Å²) in [6.07, 6.45) is 3.41. The van der Waals surface area contributed by atoms with Gasteiger partial charge in [-0.2, -0.15) is 0 Å². The number of hydrogen-bond donors (Lipinski definition) is 3. The molecule has 1 saturated carbocycles. The number of carboxylic acid groups (broad SMARTS) is 1. The zero-order valence-corrected chi connectivity index (χ0v) is 10.1. The molecule has 1 aliphatic carbocycles. The molecule has 0 aliphatic heterocycles. The van der Waals surface area contributed by atoms with Crippen molar-refractivity contribution in [1.29, 1.82) is 0 Å². The lowest BCUT2D eigenvalue weighted by molar-refractivity contribution is -0.144. The lowest BCUT2D eigenvalue weighted by Gasteiger charge is -2.08. The van der Waals surface area contributed by atoms with Crippen LogP contribution in [0.1, 0.15) is 40.0 Å². The fraction of sp³-hybridized carbons (Fsp3) is 0.909. The molecule has 0 spiro atoms. The number of aliphatic carboxylic acids is 1. The Morgan fingerprint density at radius 3 is 2.19 bits per heavy atom. The second-order valence-corrected chi connectivity index (χ2v) is 4.74. The van der Waals surface area contributed by atoms with Gasteiger partial charge in [0.2, 0.25) is 0 Å². The van der Waals surface area contributed by atoms with E-state index in [0.29, 0.717) is 5.92 Å². The highest BCUT2D eigenvalue weighted by Gasteiger charge is 2.22. The lowest BCUT2D eigenvalue weighted by atomic mass is 10.1. The number of carboxylic acids is 1. The Bertz CT molecular complexity index is 203. The topological polar surface area (TPSA) is 87.0 Å². The number of ether oxygens (including phenoxy) is 1. The van der Waals surface area contributed by atoms with Crippen molar-refractivity contribution in [2.45, 2.75) is 51.9 Å². The van der Waals surface area contributed by atoms with Gasteiger partial charge in [0.25, 0.3) is 0 Å². The van der Waals surface area contributed by atoms with Gasteiger partial charge in [0.05, 0.1) is 6.10 Å². The van der Waals surface area contributed by atoms with Crippen LogP contribution >= 0.6 is 0 Å². The fourth-order valence-electron chi connectivity index (χ4n) is 1.50. The molecule has 0 amide bonds. The third kappa shape index (κ3) is 11.4. The van der Waals surface area contributed by atoms with Crippen molar-refractivity contribution in [2.75, 3.05) is 6.61 Å². The Balaban J connectivity index is 0.000000385. The van der Waals surface area contributed by atoms with E-state index in [1.54, 1.807) is 0 Å². The second kappa shape index (κ2) is 6.83. The minimum atomic E-state index is -1.50. The van der Waals surface area contributed by atoms with Crippen molar-refractivity contribution in [3.05, 3.63) is 0 Å². The molecule has 1 aliphatic rings. The third-order valence-electron chi connectivity index (χ3n) is 2.09. The van der Waals surface area contributed by atoms with Gasteiger partial charge in [-0.25, -0.2) is 4.79 Å². The van der Waals surface area contributed by atoms with Crippen LogP contribution < -0.4 is 0 Å². The van der Waals surface area contributed by atoms with Gasteiger partial charge in [-0.05, 0) is 39.0 Å². The highest BCUT2D eigenvalue weighted by molar-refractivity contribution is 5.68. The SMILES string of the molecule is CC(C)(O)O.CC1CCC(OCC(=O)O)C1. The quantitative estimate of drug-likeness (QED) is 0.634. The highest BCUT2D eigenvalue weighted by atomic mass is 16.5. The molecule has 0 saturated heterocycles. The largest absolute Gasteiger partial charge is 0.480 e. The summed E-state index contributed by atoms with van der Waals surface area (Å²) in [6, 6.07) is 0. The maximum atomic E-state index is 10.1. The maximum absolute atomic E-state index is 10.1. The smallest absolute Gasteiger partial charge is 0.329 e. The van der Waals surface area contributed by atoms with Gasteiger partial charge >= 0.3 is 5.97 Å². The van der Waals surface area contributed by atoms with E-state index >= 15 is 0 Å². The number of aliphatic hydroxyl groups is 2. The summed E-state index contributed by atoms with van der Waals surface area (Å²) in [6.45, 7) is 4.63. The fourth-order valence-corrected chi connectivity index (χ4v) is 1.50. The minimum absolute atomic E-state index is 0.141. The van der Waals surface area contributed by atoms with Gasteiger partial charge in [-0.1, -0.05) is 6.92 Å². The van der Waals surface area contributed by atoms with Gasteiger partial charge in [-0.15, -0.1) is 0 Å². The van der Waals surface area contributed by atoms with Crippen molar-refractivity contribution in [2.24, 2.45) is 5.92 Å². The summed E-state index contributed by atoms with van der Waals surface area (Å²) in [5, 5.41) is 24.5. The van der Waals surface area contributed by atoms with Crippen molar-refractivity contribution in [3.8, 4) is 0 Å². The predicted octanol–water partition coefficient (Wildman–Crippen LogP) is 0.983. The van der Waals surface area contributed by atoms with E-state index in [9.17, 15) is 4.79 Å². The summed E-state index contributed by atoms with van der Waals surface area (Å²) in [4.78, 5) is 10.1. The molecule has 96 valence electrons. The zero-order chi connectivity index (χ0) is 12.8. The molecule has 1 fully saturated rings. The molecular formula is C11H22O5. The first kappa shape index (κ1) is 15.3. The first-order valence-electron chi connectivity index (χ1n) is 5.46. The molecule has 2 unspecified atom stereocenters. The number of carbonyl (C=O) groups is 1. The summed E-state index contributed by atoms with van der Waals surface area (Å²) in [7, 11) is 0. The van der Waals surface area contributed by atoms with E-state index in [2.05, 4.69) is 6.92 Å². The number of rotatable bonds is 3. The summed E-state index contributed by atoms with van der Waals surface area (Å²) >= 11 is 0. The van der Waals surface area contributed by atoms with Crippen LogP contribution in [0.4, 0.5) is 0 Å². The third-order valence-corrected chi connectivity index (χ3v) is 2.09. The predicted molar refractivity (Wildman–Crippen MR) is 58.9 cm³/mol. The minimum Gasteiger partial charge on any atom is -0.480 e. The maximum Gasteiger partial charge on any atom is 0.329 e. The molecule has 0 aromatic rings. The van der Waals surface area contributed by atoms with Gasteiger partial charge in [0, 0.05) is 0 Å². The second-order valence-electron chi connectivity index (χ2n) is 4.74.